The molecule has 15 heavy (non-hydrogen) atoms. The topological polar surface area (TPSA) is 46.2 Å². The van der Waals surface area contributed by atoms with Crippen LogP contribution in [0.5, 0.6) is 0 Å². The Kier molecular flexibility index (Phi) is 6.44. The highest BCUT2D eigenvalue weighted by atomic mass is 32.2. The Labute approximate surface area is 94.6 Å². The van der Waals surface area contributed by atoms with Crippen LogP contribution in [0.4, 0.5) is 0 Å². The summed E-state index contributed by atoms with van der Waals surface area (Å²) in [7, 11) is -2.95. The second-order valence-electron chi connectivity index (χ2n) is 4.40. The van der Waals surface area contributed by atoms with Gasteiger partial charge in [0.05, 0.1) is 5.25 Å². The zero-order valence-corrected chi connectivity index (χ0v) is 11.4. The maximum absolute atomic E-state index is 11.5. The van der Waals surface area contributed by atoms with Crippen LogP contribution in [0, 0.1) is 5.92 Å². The molecular formula is C11H25NO2S. The van der Waals surface area contributed by atoms with Gasteiger partial charge in [-0.3, -0.25) is 0 Å². The lowest BCUT2D eigenvalue weighted by Gasteiger charge is -2.29. The number of rotatable bonds is 7. The first-order chi connectivity index (χ1) is 6.84. The van der Waals surface area contributed by atoms with E-state index in [1.807, 2.05) is 0 Å². The van der Waals surface area contributed by atoms with Gasteiger partial charge in [-0.15, -0.1) is 0 Å². The smallest absolute Gasteiger partial charge is 0.151 e. The lowest BCUT2D eigenvalue weighted by molar-refractivity contribution is 0.357. The first-order valence-electron chi connectivity index (χ1n) is 5.76. The highest BCUT2D eigenvalue weighted by Gasteiger charge is 2.28. The first-order valence-corrected chi connectivity index (χ1v) is 7.72. The fourth-order valence-electron chi connectivity index (χ4n) is 1.66. The Morgan fingerprint density at radius 3 is 2.07 bits per heavy atom. The minimum Gasteiger partial charge on any atom is -0.312 e. The molecule has 4 heteroatoms. The average molecular weight is 235 g/mol. The molecule has 0 aliphatic rings. The summed E-state index contributed by atoms with van der Waals surface area (Å²) in [6, 6.07) is 0.0740. The highest BCUT2D eigenvalue weighted by Crippen LogP contribution is 2.16. The monoisotopic (exact) mass is 235 g/mol. The molecule has 0 aromatic rings. The molecule has 3 unspecified atom stereocenters. The molecule has 0 rings (SSSR count). The Morgan fingerprint density at radius 1 is 1.20 bits per heavy atom. The maximum atomic E-state index is 11.5. The molecular weight excluding hydrogens is 210 g/mol. The highest BCUT2D eigenvalue weighted by molar-refractivity contribution is 7.91. The standard InChI is InChI=1S/C11H25NO2S/c1-6-8-12-11(9(3)7-2)10(4)15(5,13)14/h9-12H,6-8H2,1-5H3. The summed E-state index contributed by atoms with van der Waals surface area (Å²) in [6.45, 7) is 8.98. The van der Waals surface area contributed by atoms with Crippen LogP contribution in [0.1, 0.15) is 40.5 Å². The van der Waals surface area contributed by atoms with Gasteiger partial charge >= 0.3 is 0 Å². The van der Waals surface area contributed by atoms with Crippen LogP contribution in [-0.2, 0) is 9.84 Å². The van der Waals surface area contributed by atoms with Crippen molar-refractivity contribution in [3.63, 3.8) is 0 Å². The molecule has 0 aliphatic heterocycles. The Morgan fingerprint density at radius 2 is 1.73 bits per heavy atom. The minimum atomic E-state index is -2.95. The van der Waals surface area contributed by atoms with Gasteiger partial charge in [0, 0.05) is 12.3 Å². The van der Waals surface area contributed by atoms with Gasteiger partial charge in [-0.2, -0.15) is 0 Å². The summed E-state index contributed by atoms with van der Waals surface area (Å²) in [5.41, 5.74) is 0. The Hall–Kier alpha value is -0.0900. The average Bonchev–Trinajstić information content (AvgIpc) is 2.16. The van der Waals surface area contributed by atoms with E-state index in [-0.39, 0.29) is 11.3 Å². The zero-order chi connectivity index (χ0) is 12.1. The quantitative estimate of drug-likeness (QED) is 0.732. The van der Waals surface area contributed by atoms with Gasteiger partial charge in [0.25, 0.3) is 0 Å². The van der Waals surface area contributed by atoms with E-state index in [2.05, 4.69) is 26.1 Å². The number of nitrogens with one attached hydrogen (secondary N) is 1. The minimum absolute atomic E-state index is 0.0740. The van der Waals surface area contributed by atoms with Crippen molar-refractivity contribution < 1.29 is 8.42 Å². The second kappa shape index (κ2) is 6.48. The molecule has 0 saturated carbocycles. The molecule has 0 aromatic heterocycles. The van der Waals surface area contributed by atoms with Crippen LogP contribution in [0.25, 0.3) is 0 Å². The van der Waals surface area contributed by atoms with Gasteiger partial charge in [-0.25, -0.2) is 8.42 Å². The molecule has 0 spiro atoms. The van der Waals surface area contributed by atoms with Crippen LogP contribution < -0.4 is 5.32 Å². The largest absolute Gasteiger partial charge is 0.312 e. The molecule has 0 heterocycles. The van der Waals surface area contributed by atoms with Crippen molar-refractivity contribution in [2.75, 3.05) is 12.8 Å². The van der Waals surface area contributed by atoms with Crippen LogP contribution in [0.15, 0.2) is 0 Å². The molecule has 0 bridgehead atoms. The third kappa shape index (κ3) is 4.98. The van der Waals surface area contributed by atoms with Gasteiger partial charge in [-0.05, 0) is 25.8 Å². The third-order valence-corrected chi connectivity index (χ3v) is 4.71. The molecule has 0 aromatic carbocycles. The summed E-state index contributed by atoms with van der Waals surface area (Å²) in [5.74, 6) is 0.390. The summed E-state index contributed by atoms with van der Waals surface area (Å²) >= 11 is 0. The third-order valence-electron chi connectivity index (χ3n) is 3.07. The first kappa shape index (κ1) is 14.9. The molecule has 92 valence electrons. The second-order valence-corrected chi connectivity index (χ2v) is 6.80. The van der Waals surface area contributed by atoms with Crippen molar-refractivity contribution in [1.82, 2.24) is 5.32 Å². The van der Waals surface area contributed by atoms with Crippen molar-refractivity contribution in [3.05, 3.63) is 0 Å². The summed E-state index contributed by atoms with van der Waals surface area (Å²) in [6.07, 6.45) is 3.35. The van der Waals surface area contributed by atoms with E-state index in [0.717, 1.165) is 19.4 Å². The van der Waals surface area contributed by atoms with Gasteiger partial charge in [0.1, 0.15) is 0 Å². The van der Waals surface area contributed by atoms with Gasteiger partial charge in [0.15, 0.2) is 9.84 Å². The normalized spacial score (nSPS) is 18.5. The SMILES string of the molecule is CCCNC(C(C)CC)C(C)S(C)(=O)=O. The zero-order valence-electron chi connectivity index (χ0n) is 10.6. The van der Waals surface area contributed by atoms with E-state index in [1.54, 1.807) is 6.92 Å². The van der Waals surface area contributed by atoms with Gasteiger partial charge in [0.2, 0.25) is 0 Å². The van der Waals surface area contributed by atoms with Crippen molar-refractivity contribution in [2.45, 2.75) is 51.8 Å². The van der Waals surface area contributed by atoms with Crippen molar-refractivity contribution in [3.8, 4) is 0 Å². The lowest BCUT2D eigenvalue weighted by Crippen LogP contribution is -2.46. The number of hydrogen-bond donors (Lipinski definition) is 1. The predicted molar refractivity (Wildman–Crippen MR) is 65.8 cm³/mol. The van der Waals surface area contributed by atoms with Crippen molar-refractivity contribution in [1.29, 1.82) is 0 Å². The van der Waals surface area contributed by atoms with Crippen molar-refractivity contribution in [2.24, 2.45) is 5.92 Å². The lowest BCUT2D eigenvalue weighted by atomic mass is 9.96. The molecule has 0 aliphatic carbocycles. The van der Waals surface area contributed by atoms with E-state index in [1.165, 1.54) is 6.26 Å². The van der Waals surface area contributed by atoms with Crippen LogP contribution >= 0.6 is 0 Å². The van der Waals surface area contributed by atoms with E-state index < -0.39 is 9.84 Å². The number of hydrogen-bond acceptors (Lipinski definition) is 3. The molecule has 0 amide bonds. The summed E-state index contributed by atoms with van der Waals surface area (Å²) < 4.78 is 23.0. The molecule has 0 saturated heterocycles. The maximum Gasteiger partial charge on any atom is 0.151 e. The van der Waals surface area contributed by atoms with E-state index in [0.29, 0.717) is 5.92 Å². The Bertz CT molecular complexity index is 262. The van der Waals surface area contributed by atoms with E-state index in [9.17, 15) is 8.42 Å². The van der Waals surface area contributed by atoms with Crippen LogP contribution in [0.3, 0.4) is 0 Å². The van der Waals surface area contributed by atoms with Crippen LogP contribution in [-0.4, -0.2) is 32.5 Å². The molecule has 0 radical (unpaired) electrons. The predicted octanol–water partition coefficient (Wildman–Crippen LogP) is 1.83. The Balaban J connectivity index is 4.62. The molecule has 3 atom stereocenters. The molecule has 3 nitrogen and oxygen atoms in total. The fraction of sp³-hybridized carbons (Fsp3) is 1.00. The van der Waals surface area contributed by atoms with Gasteiger partial charge < -0.3 is 5.32 Å². The van der Waals surface area contributed by atoms with Crippen LogP contribution in [0.2, 0.25) is 0 Å². The summed E-state index contributed by atoms with van der Waals surface area (Å²) in [5, 5.41) is 3.04. The van der Waals surface area contributed by atoms with E-state index in [4.69, 9.17) is 0 Å². The number of sulfone groups is 1. The van der Waals surface area contributed by atoms with Crippen molar-refractivity contribution >= 4 is 9.84 Å². The molecule has 1 N–H and O–H groups in total. The van der Waals surface area contributed by atoms with E-state index >= 15 is 0 Å². The van der Waals surface area contributed by atoms with Gasteiger partial charge in [-0.1, -0.05) is 27.2 Å². The fourth-order valence-corrected chi connectivity index (χ4v) is 2.56. The summed E-state index contributed by atoms with van der Waals surface area (Å²) in [4.78, 5) is 0. The molecule has 0 fully saturated rings.